The van der Waals surface area contributed by atoms with E-state index in [0.717, 1.165) is 9.13 Å². The molecule has 5 heteroatoms. The zero-order valence-corrected chi connectivity index (χ0v) is 13.6. The number of halogens is 4. The Balaban J connectivity index is 2.25. The molecule has 2 rings (SSSR count). The Morgan fingerprint density at radius 3 is 2.16 bits per heavy atom. The van der Waals surface area contributed by atoms with Crippen LogP contribution in [0.4, 0.5) is 8.78 Å². The average Bonchev–Trinajstić information content (AvgIpc) is 2.30. The van der Waals surface area contributed by atoms with E-state index < -0.39 is 17.7 Å². The number of nitrogens with two attached hydrogens (primary N) is 1. The topological polar surface area (TPSA) is 26.0 Å². The highest BCUT2D eigenvalue weighted by molar-refractivity contribution is 14.1. The first-order valence-corrected chi connectivity index (χ1v) is 7.49. The third-order valence-electron chi connectivity index (χ3n) is 2.78. The Kier molecular flexibility index (Phi) is 4.92. The van der Waals surface area contributed by atoms with E-state index >= 15 is 0 Å². The van der Waals surface area contributed by atoms with Crippen LogP contribution in [0.3, 0.4) is 0 Å². The largest absolute Gasteiger partial charge is 0.323 e. The molecule has 1 atom stereocenters. The van der Waals surface area contributed by atoms with E-state index in [0.29, 0.717) is 10.9 Å². The molecule has 100 valence electrons. The fraction of sp³-hybridized carbons (Fsp3) is 0.143. The molecular weight excluding hydrogens is 427 g/mol. The second-order valence-electron chi connectivity index (χ2n) is 4.22. The van der Waals surface area contributed by atoms with Gasteiger partial charge in [0, 0.05) is 19.6 Å². The first kappa shape index (κ1) is 14.9. The van der Waals surface area contributed by atoms with Gasteiger partial charge in [-0.15, -0.1) is 0 Å². The molecule has 0 saturated heterocycles. The quantitative estimate of drug-likeness (QED) is 0.699. The van der Waals surface area contributed by atoms with E-state index in [1.807, 2.05) is 24.3 Å². The van der Waals surface area contributed by atoms with Crippen molar-refractivity contribution in [3.05, 3.63) is 67.2 Å². The molecule has 0 saturated carbocycles. The van der Waals surface area contributed by atoms with Crippen LogP contribution in [0.5, 0.6) is 0 Å². The number of benzene rings is 2. The van der Waals surface area contributed by atoms with E-state index in [-0.39, 0.29) is 5.56 Å². The molecular formula is C14H11BrF2IN. The van der Waals surface area contributed by atoms with E-state index in [9.17, 15) is 8.78 Å². The van der Waals surface area contributed by atoms with Gasteiger partial charge in [-0.25, -0.2) is 8.78 Å². The fourth-order valence-electron chi connectivity index (χ4n) is 1.88. The van der Waals surface area contributed by atoms with Gasteiger partial charge in [0.2, 0.25) is 0 Å². The summed E-state index contributed by atoms with van der Waals surface area (Å²) in [4.78, 5) is 0. The molecule has 19 heavy (non-hydrogen) atoms. The van der Waals surface area contributed by atoms with Crippen molar-refractivity contribution in [1.29, 1.82) is 0 Å². The molecule has 0 aliphatic carbocycles. The van der Waals surface area contributed by atoms with Gasteiger partial charge in [0.1, 0.15) is 11.6 Å². The van der Waals surface area contributed by atoms with Crippen LogP contribution in [0.15, 0.2) is 40.9 Å². The fourth-order valence-corrected chi connectivity index (χ4v) is 2.65. The van der Waals surface area contributed by atoms with Crippen LogP contribution in [0.2, 0.25) is 0 Å². The number of rotatable bonds is 3. The van der Waals surface area contributed by atoms with Crippen LogP contribution in [0, 0.1) is 15.2 Å². The predicted molar refractivity (Wildman–Crippen MR) is 83.8 cm³/mol. The van der Waals surface area contributed by atoms with Crippen molar-refractivity contribution >= 4 is 38.5 Å². The maximum atomic E-state index is 13.8. The molecule has 0 aliphatic rings. The van der Waals surface area contributed by atoms with Crippen LogP contribution in [0.25, 0.3) is 0 Å². The van der Waals surface area contributed by atoms with Gasteiger partial charge in [-0.3, -0.25) is 0 Å². The third-order valence-corrected chi connectivity index (χ3v) is 3.96. The highest BCUT2D eigenvalue weighted by atomic mass is 127. The van der Waals surface area contributed by atoms with Crippen molar-refractivity contribution < 1.29 is 8.78 Å². The second kappa shape index (κ2) is 6.28. The molecule has 0 amide bonds. The monoisotopic (exact) mass is 437 g/mol. The molecule has 2 N–H and O–H groups in total. The second-order valence-corrected chi connectivity index (χ2v) is 6.38. The van der Waals surface area contributed by atoms with Crippen molar-refractivity contribution in [2.45, 2.75) is 12.5 Å². The van der Waals surface area contributed by atoms with Crippen molar-refractivity contribution in [2.75, 3.05) is 0 Å². The smallest absolute Gasteiger partial charge is 0.132 e. The van der Waals surface area contributed by atoms with Crippen LogP contribution in [0.1, 0.15) is 17.2 Å². The summed E-state index contributed by atoms with van der Waals surface area (Å²) >= 11 is 5.25. The maximum absolute atomic E-state index is 13.8. The third kappa shape index (κ3) is 3.73. The first-order chi connectivity index (χ1) is 8.97. The van der Waals surface area contributed by atoms with E-state index in [1.165, 1.54) is 12.1 Å². The molecule has 0 aliphatic heterocycles. The van der Waals surface area contributed by atoms with E-state index in [1.54, 1.807) is 0 Å². The van der Waals surface area contributed by atoms with Gasteiger partial charge >= 0.3 is 0 Å². The minimum atomic E-state index is -0.701. The maximum Gasteiger partial charge on any atom is 0.132 e. The lowest BCUT2D eigenvalue weighted by molar-refractivity contribution is 0.523. The van der Waals surface area contributed by atoms with Crippen LogP contribution in [-0.4, -0.2) is 0 Å². The van der Waals surface area contributed by atoms with Gasteiger partial charge < -0.3 is 5.73 Å². The summed E-state index contributed by atoms with van der Waals surface area (Å²) in [5.74, 6) is -1.24. The van der Waals surface area contributed by atoms with E-state index in [2.05, 4.69) is 38.5 Å². The minimum absolute atomic E-state index is 0.0678. The highest BCUT2D eigenvalue weighted by Crippen LogP contribution is 2.26. The average molecular weight is 438 g/mol. The summed E-state index contributed by atoms with van der Waals surface area (Å²) in [6.45, 7) is 0. The van der Waals surface area contributed by atoms with Gasteiger partial charge in [0.25, 0.3) is 0 Å². The van der Waals surface area contributed by atoms with Crippen LogP contribution < -0.4 is 5.73 Å². The molecule has 0 spiro atoms. The van der Waals surface area contributed by atoms with Gasteiger partial charge in [0.05, 0.1) is 0 Å². The summed E-state index contributed by atoms with van der Waals surface area (Å²) in [5, 5.41) is 0. The van der Waals surface area contributed by atoms with E-state index in [4.69, 9.17) is 5.73 Å². The molecule has 0 radical (unpaired) electrons. The Bertz CT molecular complexity index is 563. The standard InChI is InChI=1S/C14H11BrF2IN/c15-9-6-11(16)14(12(17)7-9)13(19)5-8-1-3-10(18)4-2-8/h1-4,6-7,13H,5,19H2. The van der Waals surface area contributed by atoms with Gasteiger partial charge in [-0.2, -0.15) is 0 Å². The highest BCUT2D eigenvalue weighted by Gasteiger charge is 2.18. The van der Waals surface area contributed by atoms with Crippen molar-refractivity contribution in [1.82, 2.24) is 0 Å². The predicted octanol–water partition coefficient (Wildman–Crippen LogP) is 4.57. The lowest BCUT2D eigenvalue weighted by atomic mass is 9.99. The summed E-state index contributed by atoms with van der Waals surface area (Å²) < 4.78 is 29.0. The normalized spacial score (nSPS) is 12.5. The summed E-state index contributed by atoms with van der Waals surface area (Å²) in [7, 11) is 0. The molecule has 2 aromatic rings. The zero-order chi connectivity index (χ0) is 14.0. The summed E-state index contributed by atoms with van der Waals surface area (Å²) in [5.41, 5.74) is 6.81. The number of hydrogen-bond acceptors (Lipinski definition) is 1. The Morgan fingerprint density at radius 1 is 1.11 bits per heavy atom. The van der Waals surface area contributed by atoms with Gasteiger partial charge in [-0.1, -0.05) is 28.1 Å². The molecule has 1 unspecified atom stereocenters. The molecule has 1 nitrogen and oxygen atoms in total. The first-order valence-electron chi connectivity index (χ1n) is 5.62. The Morgan fingerprint density at radius 2 is 1.63 bits per heavy atom. The number of hydrogen-bond donors (Lipinski definition) is 1. The van der Waals surface area contributed by atoms with Crippen molar-refractivity contribution in [2.24, 2.45) is 5.73 Å². The van der Waals surface area contributed by atoms with Crippen molar-refractivity contribution in [3.63, 3.8) is 0 Å². The lowest BCUT2D eigenvalue weighted by Crippen LogP contribution is -2.17. The van der Waals surface area contributed by atoms with Crippen LogP contribution >= 0.6 is 38.5 Å². The Hall–Kier alpha value is -0.530. The molecule has 0 heterocycles. The Labute approximate surface area is 132 Å². The molecule has 2 aromatic carbocycles. The van der Waals surface area contributed by atoms with Crippen LogP contribution in [-0.2, 0) is 6.42 Å². The zero-order valence-electron chi connectivity index (χ0n) is 9.84. The molecule has 0 aromatic heterocycles. The summed E-state index contributed by atoms with van der Waals surface area (Å²) in [6.07, 6.45) is 0.395. The molecule has 0 bridgehead atoms. The van der Waals surface area contributed by atoms with Gasteiger partial charge in [-0.05, 0) is 58.8 Å². The minimum Gasteiger partial charge on any atom is -0.323 e. The van der Waals surface area contributed by atoms with Gasteiger partial charge in [0.15, 0.2) is 0 Å². The lowest BCUT2D eigenvalue weighted by Gasteiger charge is -2.14. The molecule has 0 fully saturated rings. The van der Waals surface area contributed by atoms with Crippen molar-refractivity contribution in [3.8, 4) is 0 Å². The SMILES string of the molecule is NC(Cc1ccc(I)cc1)c1c(F)cc(Br)cc1F. The summed E-state index contributed by atoms with van der Waals surface area (Å²) in [6, 6.07) is 9.46.